The highest BCUT2D eigenvalue weighted by Gasteiger charge is 2.33. The van der Waals surface area contributed by atoms with E-state index < -0.39 is 0 Å². The number of carbonyl (C=O) groups is 1. The van der Waals surface area contributed by atoms with Gasteiger partial charge in [0.1, 0.15) is 19.7 Å². The number of hydrogen-bond donors (Lipinski definition) is 1. The zero-order valence-corrected chi connectivity index (χ0v) is 18.7. The highest BCUT2D eigenvalue weighted by molar-refractivity contribution is 6.13. The molecule has 0 bridgehead atoms. The summed E-state index contributed by atoms with van der Waals surface area (Å²) in [4.78, 5) is 16.9. The number of hydrogen-bond acceptors (Lipinski definition) is 8. The standard InChI is InChI=1S/C21H28ClN7O3/c22-25-13-27(26-8-6-23-12-26)15-28(14-25)29-7-2-1-3-18(29)10-21(30)24-11-17-4-5-19-20(9-17)32-16-31-19/h4-6,8-9,12,18H,1-3,7,10-11,13-16H2,(H,24,30). The van der Waals surface area contributed by atoms with Gasteiger partial charge in [-0.05, 0) is 42.3 Å². The van der Waals surface area contributed by atoms with E-state index in [1.807, 2.05) is 29.1 Å². The molecule has 172 valence electrons. The molecule has 5 rings (SSSR count). The summed E-state index contributed by atoms with van der Waals surface area (Å²) in [7, 11) is 0. The summed E-state index contributed by atoms with van der Waals surface area (Å²) >= 11 is 6.44. The summed E-state index contributed by atoms with van der Waals surface area (Å²) in [6.45, 7) is 3.54. The topological polar surface area (TPSA) is 78.3 Å². The molecule has 3 aliphatic rings. The van der Waals surface area contributed by atoms with Crippen molar-refractivity contribution in [1.29, 1.82) is 0 Å². The summed E-state index contributed by atoms with van der Waals surface area (Å²) in [6.07, 6.45) is 9.11. The van der Waals surface area contributed by atoms with Gasteiger partial charge in [-0.15, -0.1) is 0 Å². The highest BCUT2D eigenvalue weighted by Crippen LogP contribution is 2.32. The van der Waals surface area contributed by atoms with Crippen molar-refractivity contribution < 1.29 is 14.3 Å². The van der Waals surface area contributed by atoms with Crippen molar-refractivity contribution in [1.82, 2.24) is 29.4 Å². The molecule has 1 unspecified atom stereocenters. The molecule has 11 heteroatoms. The fourth-order valence-corrected chi connectivity index (χ4v) is 4.75. The van der Waals surface area contributed by atoms with Gasteiger partial charge in [0.05, 0.1) is 6.67 Å². The Morgan fingerprint density at radius 2 is 2.03 bits per heavy atom. The zero-order chi connectivity index (χ0) is 21.9. The number of aromatic nitrogens is 2. The lowest BCUT2D eigenvalue weighted by Gasteiger charge is -2.49. The average Bonchev–Trinajstić information content (AvgIpc) is 3.49. The molecule has 3 aliphatic heterocycles. The lowest BCUT2D eigenvalue weighted by Crippen LogP contribution is -2.63. The van der Waals surface area contributed by atoms with Gasteiger partial charge in [-0.25, -0.2) is 15.0 Å². The normalized spacial score (nSPS) is 22.3. The Balaban J connectivity index is 1.19. The van der Waals surface area contributed by atoms with E-state index in [2.05, 4.69) is 25.3 Å². The minimum Gasteiger partial charge on any atom is -0.454 e. The molecule has 1 aromatic carbocycles. The van der Waals surface area contributed by atoms with Crippen LogP contribution < -0.4 is 19.8 Å². The minimum absolute atomic E-state index is 0.0470. The predicted molar refractivity (Wildman–Crippen MR) is 118 cm³/mol. The molecular formula is C21H28ClN7O3. The van der Waals surface area contributed by atoms with Crippen LogP contribution in [0.25, 0.3) is 0 Å². The molecule has 1 aromatic heterocycles. The second kappa shape index (κ2) is 9.53. The number of fused-ring (bicyclic) bond motifs is 1. The number of imidazole rings is 1. The quantitative estimate of drug-likeness (QED) is 0.651. The number of carbonyl (C=O) groups excluding carboxylic acids is 1. The Hall–Kier alpha value is -2.53. The van der Waals surface area contributed by atoms with E-state index in [-0.39, 0.29) is 18.7 Å². The summed E-state index contributed by atoms with van der Waals surface area (Å²) in [6, 6.07) is 5.90. The fourth-order valence-electron chi connectivity index (χ4n) is 4.51. The first-order valence-electron chi connectivity index (χ1n) is 11.0. The number of halogens is 1. The first-order valence-corrected chi connectivity index (χ1v) is 11.3. The Labute approximate surface area is 192 Å². The summed E-state index contributed by atoms with van der Waals surface area (Å²) in [5.41, 5.74) is 0.993. The van der Waals surface area contributed by atoms with Gasteiger partial charge < -0.3 is 14.8 Å². The van der Waals surface area contributed by atoms with Crippen molar-refractivity contribution >= 4 is 17.7 Å². The number of nitrogens with one attached hydrogen (secondary N) is 1. The fraction of sp³-hybridized carbons (Fsp3) is 0.524. The van der Waals surface area contributed by atoms with E-state index >= 15 is 0 Å². The van der Waals surface area contributed by atoms with Gasteiger partial charge in [-0.3, -0.25) is 14.5 Å². The van der Waals surface area contributed by atoms with Crippen LogP contribution in [0.5, 0.6) is 11.5 Å². The molecule has 0 saturated carbocycles. The molecule has 1 atom stereocenters. The number of benzene rings is 1. The van der Waals surface area contributed by atoms with Crippen molar-refractivity contribution in [2.75, 3.05) is 38.4 Å². The summed E-state index contributed by atoms with van der Waals surface area (Å²) < 4.78 is 14.5. The van der Waals surface area contributed by atoms with Crippen LogP contribution in [0, 0.1) is 0 Å². The molecule has 1 amide bonds. The third-order valence-electron chi connectivity index (χ3n) is 6.08. The maximum atomic E-state index is 12.8. The van der Waals surface area contributed by atoms with Crippen LogP contribution >= 0.6 is 11.8 Å². The second-order valence-electron chi connectivity index (χ2n) is 8.32. The Bertz CT molecular complexity index is 928. The van der Waals surface area contributed by atoms with Gasteiger partial charge in [0, 0.05) is 37.9 Å². The van der Waals surface area contributed by atoms with Crippen LogP contribution in [-0.4, -0.2) is 69.4 Å². The lowest BCUT2D eigenvalue weighted by atomic mass is 10.0. The molecule has 32 heavy (non-hydrogen) atoms. The third-order valence-corrected chi connectivity index (χ3v) is 6.30. The van der Waals surface area contributed by atoms with E-state index in [9.17, 15) is 4.79 Å². The minimum atomic E-state index is 0.0470. The number of rotatable bonds is 6. The number of nitrogens with zero attached hydrogens (tertiary/aromatic N) is 6. The number of ether oxygens (including phenoxy) is 2. The van der Waals surface area contributed by atoms with Gasteiger partial charge in [0.25, 0.3) is 0 Å². The summed E-state index contributed by atoms with van der Waals surface area (Å²) in [5, 5.41) is 9.72. The van der Waals surface area contributed by atoms with Crippen molar-refractivity contribution in [3.63, 3.8) is 0 Å². The van der Waals surface area contributed by atoms with Crippen molar-refractivity contribution in [2.24, 2.45) is 0 Å². The molecule has 0 spiro atoms. The van der Waals surface area contributed by atoms with Crippen LogP contribution in [-0.2, 0) is 11.3 Å². The van der Waals surface area contributed by atoms with E-state index in [0.29, 0.717) is 33.0 Å². The maximum Gasteiger partial charge on any atom is 0.231 e. The third kappa shape index (κ3) is 4.78. The predicted octanol–water partition coefficient (Wildman–Crippen LogP) is 1.67. The van der Waals surface area contributed by atoms with Crippen molar-refractivity contribution in [3.8, 4) is 11.5 Å². The molecule has 4 heterocycles. The molecule has 0 radical (unpaired) electrons. The maximum absolute atomic E-state index is 12.8. The van der Waals surface area contributed by atoms with Crippen LogP contribution in [0.1, 0.15) is 31.2 Å². The molecule has 0 aliphatic carbocycles. The largest absolute Gasteiger partial charge is 0.454 e. The van der Waals surface area contributed by atoms with Gasteiger partial charge >= 0.3 is 0 Å². The average molecular weight is 462 g/mol. The lowest BCUT2D eigenvalue weighted by molar-refractivity contribution is -0.134. The van der Waals surface area contributed by atoms with Crippen LogP contribution in [0.4, 0.5) is 0 Å². The Kier molecular flexibility index (Phi) is 6.35. The number of hydrazine groups is 1. The number of piperidine rings is 1. The van der Waals surface area contributed by atoms with Gasteiger partial charge in [-0.1, -0.05) is 12.5 Å². The van der Waals surface area contributed by atoms with Gasteiger partial charge in [0.2, 0.25) is 12.7 Å². The molecule has 2 aromatic rings. The Morgan fingerprint density at radius 3 is 2.91 bits per heavy atom. The molecular weight excluding hydrogens is 434 g/mol. The van der Waals surface area contributed by atoms with Gasteiger partial charge in [0.15, 0.2) is 11.5 Å². The summed E-state index contributed by atoms with van der Waals surface area (Å²) in [5.74, 6) is 1.52. The monoisotopic (exact) mass is 461 g/mol. The second-order valence-corrected chi connectivity index (χ2v) is 8.80. The molecule has 1 N–H and O–H groups in total. The van der Waals surface area contributed by atoms with Crippen LogP contribution in [0.15, 0.2) is 36.9 Å². The molecule has 10 nitrogen and oxygen atoms in total. The van der Waals surface area contributed by atoms with Crippen molar-refractivity contribution in [2.45, 2.75) is 38.3 Å². The van der Waals surface area contributed by atoms with Crippen molar-refractivity contribution in [3.05, 3.63) is 42.5 Å². The zero-order valence-electron chi connectivity index (χ0n) is 17.9. The van der Waals surface area contributed by atoms with E-state index in [1.165, 1.54) is 0 Å². The first-order chi connectivity index (χ1) is 15.7. The first kappa shape index (κ1) is 21.3. The van der Waals surface area contributed by atoms with E-state index in [4.69, 9.17) is 21.3 Å². The SMILES string of the molecule is O=C(CC1CCCCN1N1CN(Cl)CN(n2ccnc2)C1)NCc1ccc2c(c1)OCO2. The highest BCUT2D eigenvalue weighted by atomic mass is 35.5. The smallest absolute Gasteiger partial charge is 0.231 e. The van der Waals surface area contributed by atoms with Crippen LogP contribution in [0.2, 0.25) is 0 Å². The van der Waals surface area contributed by atoms with E-state index in [1.54, 1.807) is 16.9 Å². The molecule has 2 saturated heterocycles. The van der Waals surface area contributed by atoms with E-state index in [0.717, 1.165) is 42.9 Å². The molecule has 2 fully saturated rings. The van der Waals surface area contributed by atoms with Gasteiger partial charge in [-0.2, -0.15) is 4.42 Å². The number of amides is 1. The Morgan fingerprint density at radius 1 is 1.16 bits per heavy atom. The van der Waals surface area contributed by atoms with Crippen LogP contribution in [0.3, 0.4) is 0 Å².